The first-order valence-corrected chi connectivity index (χ1v) is 8.54. The van der Waals surface area contributed by atoms with Crippen LogP contribution in [0.3, 0.4) is 0 Å². The largest absolute Gasteiger partial charge is 1.00 e. The Hall–Kier alpha value is -0.580. The van der Waals surface area contributed by atoms with Crippen LogP contribution in [0.25, 0.3) is 0 Å². The van der Waals surface area contributed by atoms with E-state index in [2.05, 4.69) is 18.0 Å². The molecule has 0 saturated carbocycles. The second kappa shape index (κ2) is 7.12. The van der Waals surface area contributed by atoms with E-state index in [0.29, 0.717) is 6.04 Å². The van der Waals surface area contributed by atoms with Gasteiger partial charge in [-0.25, -0.2) is 0 Å². The lowest BCUT2D eigenvalue weighted by Crippen LogP contribution is -3.00. The van der Waals surface area contributed by atoms with Crippen molar-refractivity contribution in [1.29, 1.82) is 0 Å². The third-order valence-corrected chi connectivity index (χ3v) is 5.99. The molecule has 0 N–H and O–H groups in total. The van der Waals surface area contributed by atoms with Gasteiger partial charge < -0.3 is 22.2 Å². The van der Waals surface area contributed by atoms with Crippen molar-refractivity contribution in [2.24, 2.45) is 0 Å². The van der Waals surface area contributed by atoms with Crippen molar-refractivity contribution in [3.8, 4) is 0 Å². The van der Waals surface area contributed by atoms with Crippen LogP contribution in [0.4, 0.5) is 0 Å². The van der Waals surface area contributed by atoms with Crippen molar-refractivity contribution in [3.63, 3.8) is 0 Å². The molecule has 2 heterocycles. The Morgan fingerprint density at radius 1 is 1.29 bits per heavy atom. The molecule has 3 nitrogen and oxygen atoms in total. The summed E-state index contributed by atoms with van der Waals surface area (Å²) in [7, 11) is 4.14. The van der Waals surface area contributed by atoms with Gasteiger partial charge in [-0.15, -0.1) is 11.3 Å². The normalized spacial score (nSPS) is 19.7. The second-order valence-electron chi connectivity index (χ2n) is 6.22. The highest BCUT2D eigenvalue weighted by Crippen LogP contribution is 2.31. The van der Waals surface area contributed by atoms with E-state index in [0.717, 1.165) is 37.2 Å². The van der Waals surface area contributed by atoms with Gasteiger partial charge in [-0.3, -0.25) is 4.79 Å². The predicted octanol–water partition coefficient (Wildman–Crippen LogP) is -0.203. The summed E-state index contributed by atoms with van der Waals surface area (Å²) in [5, 5.41) is 0. The number of thiophene rings is 1. The lowest BCUT2D eigenvalue weighted by atomic mass is 9.99. The molecule has 1 amide bonds. The summed E-state index contributed by atoms with van der Waals surface area (Å²) >= 11 is 1.73. The Labute approximate surface area is 137 Å². The van der Waals surface area contributed by atoms with Crippen molar-refractivity contribution in [2.45, 2.75) is 44.6 Å². The third kappa shape index (κ3) is 3.61. The van der Waals surface area contributed by atoms with Crippen molar-refractivity contribution in [1.82, 2.24) is 9.80 Å². The molecular weight excluding hydrogens is 304 g/mol. The minimum absolute atomic E-state index is 0. The van der Waals surface area contributed by atoms with Crippen LogP contribution >= 0.6 is 11.3 Å². The highest BCUT2D eigenvalue weighted by Gasteiger charge is 2.26. The molecule has 0 spiro atoms. The molecule has 21 heavy (non-hydrogen) atoms. The molecular formula is C16H24ClN2OS-. The zero-order valence-corrected chi connectivity index (χ0v) is 14.5. The van der Waals surface area contributed by atoms with E-state index in [1.807, 2.05) is 11.9 Å². The van der Waals surface area contributed by atoms with Gasteiger partial charge in [-0.05, 0) is 70.3 Å². The maximum Gasteiger partial charge on any atom is 0.263 e. The first kappa shape index (κ1) is 16.8. The summed E-state index contributed by atoms with van der Waals surface area (Å²) in [6, 6.07) is 2.57. The predicted molar refractivity (Wildman–Crippen MR) is 83.6 cm³/mol. The number of halogens is 1. The minimum Gasteiger partial charge on any atom is -1.00 e. The Kier molecular flexibility index (Phi) is 5.69. The highest BCUT2D eigenvalue weighted by molar-refractivity contribution is 7.14. The smallest absolute Gasteiger partial charge is 0.263 e. The summed E-state index contributed by atoms with van der Waals surface area (Å²) in [4.78, 5) is 19.4. The number of aryl methyl sites for hydroxylation is 2. The second-order valence-corrected chi connectivity index (χ2v) is 7.35. The lowest BCUT2D eigenvalue weighted by molar-refractivity contribution is -0.0000149. The number of hydrogen-bond acceptors (Lipinski definition) is 3. The molecule has 5 heteroatoms. The summed E-state index contributed by atoms with van der Waals surface area (Å²) in [6.07, 6.45) is 7.10. The lowest BCUT2D eigenvalue weighted by Gasteiger charge is -2.34. The molecule has 1 saturated heterocycles. The van der Waals surface area contributed by atoms with Crippen LogP contribution < -0.4 is 12.4 Å². The van der Waals surface area contributed by atoms with E-state index in [-0.39, 0.29) is 18.3 Å². The summed E-state index contributed by atoms with van der Waals surface area (Å²) in [5.41, 5.74) is 1.43. The van der Waals surface area contributed by atoms with Gasteiger partial charge in [-0.2, -0.15) is 0 Å². The zero-order chi connectivity index (χ0) is 14.1. The van der Waals surface area contributed by atoms with Gasteiger partial charge in [0.25, 0.3) is 5.91 Å². The van der Waals surface area contributed by atoms with Crippen LogP contribution in [-0.2, 0) is 12.8 Å². The molecule has 0 atom stereocenters. The highest BCUT2D eigenvalue weighted by atomic mass is 35.5. The molecule has 1 aliphatic heterocycles. The Balaban J connectivity index is 0.00000161. The molecule has 1 fully saturated rings. The molecule has 0 bridgehead atoms. The Bertz CT molecular complexity index is 471. The van der Waals surface area contributed by atoms with E-state index in [4.69, 9.17) is 0 Å². The van der Waals surface area contributed by atoms with Gasteiger partial charge >= 0.3 is 0 Å². The van der Waals surface area contributed by atoms with Gasteiger partial charge in [0.05, 0.1) is 4.88 Å². The monoisotopic (exact) mass is 327 g/mol. The third-order valence-electron chi connectivity index (χ3n) is 4.76. The quantitative estimate of drug-likeness (QED) is 0.751. The first-order chi connectivity index (χ1) is 9.65. The SMILES string of the molecule is CN1CCC(N(C)C(=O)c2cc3c(s2)CCCC3)CC1.[Cl-]. The summed E-state index contributed by atoms with van der Waals surface area (Å²) in [6.45, 7) is 2.20. The van der Waals surface area contributed by atoms with E-state index in [9.17, 15) is 4.79 Å². The molecule has 0 aromatic carbocycles. The number of nitrogens with zero attached hydrogens (tertiary/aromatic N) is 2. The van der Waals surface area contributed by atoms with Crippen molar-refractivity contribution >= 4 is 17.2 Å². The van der Waals surface area contributed by atoms with Crippen LogP contribution in [-0.4, -0.2) is 48.9 Å². The fourth-order valence-electron chi connectivity index (χ4n) is 3.32. The van der Waals surface area contributed by atoms with E-state index >= 15 is 0 Å². The van der Waals surface area contributed by atoms with Crippen molar-refractivity contribution in [3.05, 3.63) is 21.4 Å². The zero-order valence-electron chi connectivity index (χ0n) is 12.9. The Morgan fingerprint density at radius 3 is 2.62 bits per heavy atom. The van der Waals surface area contributed by atoms with Gasteiger partial charge in [0.1, 0.15) is 0 Å². The minimum atomic E-state index is 0. The summed E-state index contributed by atoms with van der Waals surface area (Å²) in [5.74, 6) is 0.235. The van der Waals surface area contributed by atoms with Crippen molar-refractivity contribution < 1.29 is 17.2 Å². The van der Waals surface area contributed by atoms with Crippen LogP contribution in [0.5, 0.6) is 0 Å². The topological polar surface area (TPSA) is 23.6 Å². The fraction of sp³-hybridized carbons (Fsp3) is 0.688. The van der Waals surface area contributed by atoms with Crippen LogP contribution in [0, 0.1) is 0 Å². The van der Waals surface area contributed by atoms with Gasteiger partial charge in [0.2, 0.25) is 0 Å². The molecule has 3 rings (SSSR count). The number of carbonyl (C=O) groups is 1. The van der Waals surface area contributed by atoms with E-state index in [1.165, 1.54) is 29.7 Å². The molecule has 1 aliphatic carbocycles. The van der Waals surface area contributed by atoms with Crippen LogP contribution in [0.15, 0.2) is 6.07 Å². The maximum atomic E-state index is 12.7. The molecule has 1 aromatic heterocycles. The average molecular weight is 328 g/mol. The van der Waals surface area contributed by atoms with Crippen LogP contribution in [0.1, 0.15) is 45.8 Å². The number of carbonyl (C=O) groups excluding carboxylic acids is 1. The van der Waals surface area contributed by atoms with Crippen LogP contribution in [0.2, 0.25) is 0 Å². The first-order valence-electron chi connectivity index (χ1n) is 7.72. The standard InChI is InChI=1S/C16H24N2OS.ClH/c1-17-9-7-13(8-10-17)18(2)16(19)15-11-12-5-3-4-6-14(12)20-15;/h11,13H,3-10H2,1-2H3;1H/p-1. The Morgan fingerprint density at radius 2 is 1.95 bits per heavy atom. The number of likely N-dealkylation sites (tertiary alicyclic amines) is 1. The van der Waals surface area contributed by atoms with Gasteiger partial charge in [0.15, 0.2) is 0 Å². The van der Waals surface area contributed by atoms with Gasteiger partial charge in [0, 0.05) is 18.0 Å². The molecule has 0 radical (unpaired) electrons. The van der Waals surface area contributed by atoms with E-state index < -0.39 is 0 Å². The number of fused-ring (bicyclic) bond motifs is 1. The maximum absolute atomic E-state index is 12.7. The fourth-order valence-corrected chi connectivity index (χ4v) is 4.55. The van der Waals surface area contributed by atoms with Gasteiger partial charge in [-0.1, -0.05) is 0 Å². The van der Waals surface area contributed by atoms with E-state index in [1.54, 1.807) is 11.3 Å². The molecule has 0 unspecified atom stereocenters. The molecule has 118 valence electrons. The number of piperidine rings is 1. The average Bonchev–Trinajstić information content (AvgIpc) is 2.90. The van der Waals surface area contributed by atoms with Crippen molar-refractivity contribution in [2.75, 3.05) is 27.2 Å². The summed E-state index contributed by atoms with van der Waals surface area (Å²) < 4.78 is 0. The molecule has 1 aromatic rings. The number of hydrogen-bond donors (Lipinski definition) is 0. The number of rotatable bonds is 2. The molecule has 2 aliphatic rings. The number of amides is 1.